The van der Waals surface area contributed by atoms with Crippen LogP contribution in [-0.4, -0.2) is 12.4 Å². The van der Waals surface area contributed by atoms with Gasteiger partial charge in [-0.1, -0.05) is 69.9 Å². The quantitative estimate of drug-likeness (QED) is 0.350. The van der Waals surface area contributed by atoms with Crippen molar-refractivity contribution >= 4 is 5.78 Å². The van der Waals surface area contributed by atoms with Crippen molar-refractivity contribution in [1.29, 1.82) is 0 Å². The van der Waals surface area contributed by atoms with E-state index in [1.54, 1.807) is 18.2 Å². The summed E-state index contributed by atoms with van der Waals surface area (Å²) in [5.74, 6) is 0.759. The lowest BCUT2D eigenvalue weighted by Gasteiger charge is -2.10. The number of carbonyl (C=O) groups is 1. The van der Waals surface area contributed by atoms with Crippen LogP contribution in [0.25, 0.3) is 11.1 Å². The fourth-order valence-electron chi connectivity index (χ4n) is 2.85. The van der Waals surface area contributed by atoms with Crippen molar-refractivity contribution in [3.05, 3.63) is 53.8 Å². The maximum Gasteiger partial charge on any atom is 0.165 e. The van der Waals surface area contributed by atoms with E-state index in [9.17, 15) is 9.18 Å². The molecule has 0 heterocycles. The zero-order valence-corrected chi connectivity index (χ0v) is 16.1. The zero-order chi connectivity index (χ0) is 18.9. The molecule has 0 saturated heterocycles. The van der Waals surface area contributed by atoms with E-state index in [4.69, 9.17) is 4.74 Å². The normalized spacial score (nSPS) is 12.0. The van der Waals surface area contributed by atoms with Crippen LogP contribution in [0.3, 0.4) is 0 Å². The lowest BCUT2D eigenvalue weighted by Crippen LogP contribution is -2.00. The maximum atomic E-state index is 14.3. The number of ketones is 1. The van der Waals surface area contributed by atoms with Gasteiger partial charge in [-0.2, -0.15) is 0 Å². The van der Waals surface area contributed by atoms with Gasteiger partial charge < -0.3 is 4.74 Å². The molecule has 3 heteroatoms. The van der Waals surface area contributed by atoms with Crippen molar-refractivity contribution in [2.75, 3.05) is 6.61 Å². The Hall–Kier alpha value is -2.16. The SMILES string of the molecule is CC[C@H](C)CCCCCOc1ccc(-c2ccc(C(C)=O)cc2)cc1F. The zero-order valence-electron chi connectivity index (χ0n) is 16.1. The molecule has 0 unspecified atom stereocenters. The molecule has 26 heavy (non-hydrogen) atoms. The molecule has 0 radical (unpaired) electrons. The molecule has 0 aliphatic rings. The molecule has 0 spiro atoms. The third-order valence-corrected chi connectivity index (χ3v) is 4.85. The Bertz CT molecular complexity index is 707. The number of rotatable bonds is 10. The number of hydrogen-bond donors (Lipinski definition) is 0. The van der Waals surface area contributed by atoms with Crippen molar-refractivity contribution in [1.82, 2.24) is 0 Å². The molecule has 0 N–H and O–H groups in total. The fourth-order valence-corrected chi connectivity index (χ4v) is 2.85. The van der Waals surface area contributed by atoms with E-state index in [1.165, 1.54) is 32.3 Å². The van der Waals surface area contributed by atoms with Crippen molar-refractivity contribution in [3.63, 3.8) is 0 Å². The number of Topliss-reactive ketones (excluding diaryl/α,β-unsaturated/α-hetero) is 1. The van der Waals surface area contributed by atoms with Crippen LogP contribution in [0.2, 0.25) is 0 Å². The van der Waals surface area contributed by atoms with Crippen LogP contribution in [0, 0.1) is 11.7 Å². The predicted octanol–water partition coefficient (Wildman–Crippen LogP) is 6.68. The Morgan fingerprint density at radius 3 is 2.35 bits per heavy atom. The summed E-state index contributed by atoms with van der Waals surface area (Å²) in [5.41, 5.74) is 2.31. The highest BCUT2D eigenvalue weighted by atomic mass is 19.1. The Balaban J connectivity index is 1.86. The molecule has 2 rings (SSSR count). The summed E-state index contributed by atoms with van der Waals surface area (Å²) in [7, 11) is 0. The summed E-state index contributed by atoms with van der Waals surface area (Å²) >= 11 is 0. The third kappa shape index (κ3) is 5.98. The second-order valence-corrected chi connectivity index (χ2v) is 6.99. The van der Waals surface area contributed by atoms with E-state index < -0.39 is 0 Å². The average molecular weight is 356 g/mol. The van der Waals surface area contributed by atoms with Gasteiger partial charge in [0.05, 0.1) is 6.61 Å². The number of carbonyl (C=O) groups excluding carboxylic acids is 1. The molecule has 0 aliphatic carbocycles. The van der Waals surface area contributed by atoms with Gasteiger partial charge in [0.2, 0.25) is 0 Å². The first-order valence-electron chi connectivity index (χ1n) is 9.55. The predicted molar refractivity (Wildman–Crippen MR) is 105 cm³/mol. The van der Waals surface area contributed by atoms with Crippen LogP contribution in [0.4, 0.5) is 4.39 Å². The van der Waals surface area contributed by atoms with E-state index in [1.807, 2.05) is 18.2 Å². The van der Waals surface area contributed by atoms with Crippen LogP contribution < -0.4 is 4.74 Å². The monoisotopic (exact) mass is 356 g/mol. The maximum absolute atomic E-state index is 14.3. The average Bonchev–Trinajstić information content (AvgIpc) is 2.65. The largest absolute Gasteiger partial charge is 0.491 e. The third-order valence-electron chi connectivity index (χ3n) is 4.85. The second-order valence-electron chi connectivity index (χ2n) is 6.99. The lowest BCUT2D eigenvalue weighted by molar-refractivity contribution is 0.101. The van der Waals surface area contributed by atoms with Gasteiger partial charge in [0.1, 0.15) is 0 Å². The number of ether oxygens (including phenoxy) is 1. The van der Waals surface area contributed by atoms with Gasteiger partial charge in [-0.05, 0) is 42.5 Å². The van der Waals surface area contributed by atoms with Crippen LogP contribution >= 0.6 is 0 Å². The highest BCUT2D eigenvalue weighted by Gasteiger charge is 2.07. The minimum Gasteiger partial charge on any atom is -0.491 e. The Morgan fingerprint density at radius 1 is 1.04 bits per heavy atom. The smallest absolute Gasteiger partial charge is 0.165 e. The molecular weight excluding hydrogens is 327 g/mol. The highest BCUT2D eigenvalue weighted by molar-refractivity contribution is 5.94. The van der Waals surface area contributed by atoms with Gasteiger partial charge in [0.25, 0.3) is 0 Å². The standard InChI is InChI=1S/C23H29FO2/c1-4-17(2)8-6-5-7-15-26-23-14-13-21(16-22(23)24)20-11-9-19(10-12-20)18(3)25/h9-14,16-17H,4-8,15H2,1-3H3/t17-/m0/s1. The van der Waals surface area contributed by atoms with Gasteiger partial charge in [0.15, 0.2) is 17.3 Å². The first kappa shape index (κ1) is 20.2. The summed E-state index contributed by atoms with van der Waals surface area (Å²) in [6, 6.07) is 12.2. The van der Waals surface area contributed by atoms with Crippen LogP contribution in [-0.2, 0) is 0 Å². The van der Waals surface area contributed by atoms with Gasteiger partial charge in [0, 0.05) is 5.56 Å². The van der Waals surface area contributed by atoms with Crippen molar-refractivity contribution in [3.8, 4) is 16.9 Å². The lowest BCUT2D eigenvalue weighted by atomic mass is 10.0. The molecular formula is C23H29FO2. The van der Waals surface area contributed by atoms with Crippen molar-refractivity contribution in [2.45, 2.75) is 52.9 Å². The second kappa shape index (κ2) is 10.1. The van der Waals surface area contributed by atoms with E-state index in [0.717, 1.165) is 29.9 Å². The summed E-state index contributed by atoms with van der Waals surface area (Å²) in [4.78, 5) is 11.3. The minimum absolute atomic E-state index is 0.0237. The van der Waals surface area contributed by atoms with Gasteiger partial charge in [-0.15, -0.1) is 0 Å². The summed E-state index contributed by atoms with van der Waals surface area (Å²) in [5, 5.41) is 0. The molecule has 140 valence electrons. The van der Waals surface area contributed by atoms with E-state index in [-0.39, 0.29) is 11.6 Å². The molecule has 2 aromatic carbocycles. The molecule has 0 aromatic heterocycles. The molecule has 2 aromatic rings. The molecule has 0 fully saturated rings. The van der Waals surface area contributed by atoms with Crippen LogP contribution in [0.1, 0.15) is 63.2 Å². The minimum atomic E-state index is -0.349. The molecule has 0 bridgehead atoms. The van der Waals surface area contributed by atoms with Gasteiger partial charge in [-0.25, -0.2) is 4.39 Å². The first-order chi connectivity index (χ1) is 12.5. The molecule has 0 saturated carbocycles. The van der Waals surface area contributed by atoms with E-state index in [2.05, 4.69) is 13.8 Å². The molecule has 1 atom stereocenters. The van der Waals surface area contributed by atoms with Gasteiger partial charge in [-0.3, -0.25) is 4.79 Å². The number of benzene rings is 2. The van der Waals surface area contributed by atoms with Crippen molar-refractivity contribution < 1.29 is 13.9 Å². The fraction of sp³-hybridized carbons (Fsp3) is 0.435. The van der Waals surface area contributed by atoms with Crippen LogP contribution in [0.15, 0.2) is 42.5 Å². The Kier molecular flexibility index (Phi) is 7.83. The van der Waals surface area contributed by atoms with Crippen LogP contribution in [0.5, 0.6) is 5.75 Å². The Morgan fingerprint density at radius 2 is 1.73 bits per heavy atom. The highest BCUT2D eigenvalue weighted by Crippen LogP contribution is 2.26. The Labute approximate surface area is 156 Å². The number of unbranched alkanes of at least 4 members (excludes halogenated alkanes) is 2. The van der Waals surface area contributed by atoms with Gasteiger partial charge >= 0.3 is 0 Å². The molecule has 2 nitrogen and oxygen atoms in total. The van der Waals surface area contributed by atoms with Crippen molar-refractivity contribution in [2.24, 2.45) is 5.92 Å². The van der Waals surface area contributed by atoms with E-state index >= 15 is 0 Å². The summed E-state index contributed by atoms with van der Waals surface area (Å²) < 4.78 is 19.9. The molecule has 0 aliphatic heterocycles. The summed E-state index contributed by atoms with van der Waals surface area (Å²) in [6.07, 6.45) is 5.75. The van der Waals surface area contributed by atoms with E-state index in [0.29, 0.717) is 17.9 Å². The first-order valence-corrected chi connectivity index (χ1v) is 9.55. The molecule has 0 amide bonds. The summed E-state index contributed by atoms with van der Waals surface area (Å²) in [6.45, 7) is 6.58. The number of hydrogen-bond acceptors (Lipinski definition) is 2. The number of halogens is 1. The topological polar surface area (TPSA) is 26.3 Å².